The molecular weight excluding hydrogens is 379 g/mol. The van der Waals surface area contributed by atoms with Crippen LogP contribution >= 0.6 is 24.0 Å². The quantitative estimate of drug-likeness (QED) is 0.766. The Labute approximate surface area is 172 Å². The minimum Gasteiger partial charge on any atom is -0.349 e. The zero-order valence-electron chi connectivity index (χ0n) is 15.3. The smallest absolute Gasteiger partial charge is 0.224 e. The summed E-state index contributed by atoms with van der Waals surface area (Å²) >= 11 is 6.36. The Bertz CT molecular complexity index is 775. The lowest BCUT2D eigenvalue weighted by Gasteiger charge is -2.25. The van der Waals surface area contributed by atoms with E-state index in [1.807, 2.05) is 42.5 Å². The molecule has 1 aliphatic heterocycles. The van der Waals surface area contributed by atoms with Crippen LogP contribution in [0.2, 0.25) is 5.02 Å². The summed E-state index contributed by atoms with van der Waals surface area (Å²) in [5, 5.41) is 7.48. The van der Waals surface area contributed by atoms with Crippen molar-refractivity contribution in [1.29, 1.82) is 0 Å². The van der Waals surface area contributed by atoms with Crippen LogP contribution in [0.1, 0.15) is 36.4 Å². The van der Waals surface area contributed by atoms with Crippen LogP contribution in [-0.2, 0) is 11.2 Å². The summed E-state index contributed by atoms with van der Waals surface area (Å²) in [4.78, 5) is 13.0. The van der Waals surface area contributed by atoms with E-state index in [1.165, 1.54) is 0 Å². The maximum atomic E-state index is 13.0. The van der Waals surface area contributed by atoms with Crippen molar-refractivity contribution < 1.29 is 4.79 Å². The van der Waals surface area contributed by atoms with Gasteiger partial charge in [-0.1, -0.05) is 60.1 Å². The highest BCUT2D eigenvalue weighted by Gasteiger charge is 2.57. The molecule has 1 aliphatic carbocycles. The van der Waals surface area contributed by atoms with Crippen molar-refractivity contribution in [3.05, 3.63) is 70.7 Å². The van der Waals surface area contributed by atoms with Gasteiger partial charge >= 0.3 is 0 Å². The Balaban J connectivity index is 0.00000210. The summed E-state index contributed by atoms with van der Waals surface area (Å²) in [6.07, 6.45) is 3.97. The molecule has 0 bridgehead atoms. The molecule has 4 rings (SSSR count). The van der Waals surface area contributed by atoms with Gasteiger partial charge in [-0.2, -0.15) is 0 Å². The summed E-state index contributed by atoms with van der Waals surface area (Å²) in [6, 6.07) is 18.0. The standard InChI is InChI=1S/C22H25ClN2O.ClH/c23-19-9-5-4-8-17(19)14-20(16-6-2-1-3-7-16)25-21(26)18-15-22(18)10-12-24-13-11-22;/h1-9,18,20,24H,10-15H2,(H,25,26);1H. The van der Waals surface area contributed by atoms with E-state index >= 15 is 0 Å². The normalized spacial score (nSPS) is 21.1. The lowest BCUT2D eigenvalue weighted by Crippen LogP contribution is -2.35. The molecule has 2 fully saturated rings. The Kier molecular flexibility index (Phi) is 6.46. The Morgan fingerprint density at radius 2 is 1.78 bits per heavy atom. The number of hydrogen-bond acceptors (Lipinski definition) is 2. The van der Waals surface area contributed by atoms with Crippen molar-refractivity contribution >= 4 is 29.9 Å². The van der Waals surface area contributed by atoms with Gasteiger partial charge in [-0.15, -0.1) is 12.4 Å². The number of hydrogen-bond donors (Lipinski definition) is 2. The van der Waals surface area contributed by atoms with Gasteiger partial charge in [0.05, 0.1) is 6.04 Å². The number of benzene rings is 2. The van der Waals surface area contributed by atoms with Gasteiger partial charge in [-0.25, -0.2) is 0 Å². The molecule has 144 valence electrons. The summed E-state index contributed by atoms with van der Waals surface area (Å²) in [5.41, 5.74) is 2.44. The SMILES string of the molecule is Cl.O=C(NC(Cc1ccccc1Cl)c1ccccc1)C1CC12CCNCC2. The minimum absolute atomic E-state index is 0. The van der Waals surface area contributed by atoms with Crippen molar-refractivity contribution in [3.63, 3.8) is 0 Å². The largest absolute Gasteiger partial charge is 0.349 e. The van der Waals surface area contributed by atoms with Gasteiger partial charge in [-0.3, -0.25) is 4.79 Å². The number of nitrogens with one attached hydrogen (secondary N) is 2. The zero-order chi connectivity index (χ0) is 18.0. The van der Waals surface area contributed by atoms with Crippen LogP contribution in [0.4, 0.5) is 0 Å². The lowest BCUT2D eigenvalue weighted by atomic mass is 9.91. The van der Waals surface area contributed by atoms with E-state index < -0.39 is 0 Å². The number of piperidine rings is 1. The minimum atomic E-state index is -0.0528. The number of carbonyl (C=O) groups excluding carboxylic acids is 1. The van der Waals surface area contributed by atoms with Crippen LogP contribution in [0, 0.1) is 11.3 Å². The number of halogens is 2. The summed E-state index contributed by atoms with van der Waals surface area (Å²) in [5.74, 6) is 0.370. The molecule has 2 N–H and O–H groups in total. The molecule has 2 atom stereocenters. The highest BCUT2D eigenvalue weighted by molar-refractivity contribution is 6.31. The van der Waals surface area contributed by atoms with Gasteiger partial charge in [0, 0.05) is 10.9 Å². The average Bonchev–Trinajstić information content (AvgIpc) is 3.37. The van der Waals surface area contributed by atoms with Crippen molar-refractivity contribution in [3.8, 4) is 0 Å². The molecule has 1 spiro atoms. The van der Waals surface area contributed by atoms with E-state index in [1.54, 1.807) is 0 Å². The van der Waals surface area contributed by atoms with E-state index in [2.05, 4.69) is 22.8 Å². The van der Waals surface area contributed by atoms with Crippen LogP contribution in [0.5, 0.6) is 0 Å². The predicted octanol–water partition coefficient (Wildman–Crippen LogP) is 4.55. The molecule has 0 aromatic heterocycles. The van der Waals surface area contributed by atoms with Gasteiger partial charge in [0.1, 0.15) is 0 Å². The fourth-order valence-electron chi connectivity index (χ4n) is 4.29. The first-order valence-corrected chi connectivity index (χ1v) is 9.85. The molecular formula is C22H26Cl2N2O. The van der Waals surface area contributed by atoms with Crippen molar-refractivity contribution in [2.75, 3.05) is 13.1 Å². The topological polar surface area (TPSA) is 41.1 Å². The molecule has 2 aliphatic rings. The number of carbonyl (C=O) groups is 1. The van der Waals surface area contributed by atoms with Crippen LogP contribution in [0.15, 0.2) is 54.6 Å². The Morgan fingerprint density at radius 3 is 2.48 bits per heavy atom. The zero-order valence-corrected chi connectivity index (χ0v) is 16.9. The second-order valence-electron chi connectivity index (χ2n) is 7.64. The first-order valence-electron chi connectivity index (χ1n) is 9.47. The second kappa shape index (κ2) is 8.64. The first kappa shape index (κ1) is 20.2. The van der Waals surface area contributed by atoms with Crippen molar-refractivity contribution in [2.45, 2.75) is 31.7 Å². The molecule has 1 saturated carbocycles. The molecule has 2 aromatic rings. The molecule has 2 unspecified atom stereocenters. The van der Waals surface area contributed by atoms with Crippen LogP contribution in [0.3, 0.4) is 0 Å². The van der Waals surface area contributed by atoms with Gasteiger partial charge in [0.25, 0.3) is 0 Å². The number of rotatable bonds is 5. The van der Waals surface area contributed by atoms with Crippen molar-refractivity contribution in [1.82, 2.24) is 10.6 Å². The highest BCUT2D eigenvalue weighted by Crippen LogP contribution is 2.58. The molecule has 5 heteroatoms. The molecule has 27 heavy (non-hydrogen) atoms. The van der Waals surface area contributed by atoms with Crippen LogP contribution < -0.4 is 10.6 Å². The van der Waals surface area contributed by atoms with Crippen LogP contribution in [0.25, 0.3) is 0 Å². The monoisotopic (exact) mass is 404 g/mol. The third-order valence-electron chi connectivity index (χ3n) is 6.01. The Morgan fingerprint density at radius 1 is 1.11 bits per heavy atom. The first-order chi connectivity index (χ1) is 12.7. The molecule has 3 nitrogen and oxygen atoms in total. The molecule has 0 radical (unpaired) electrons. The van der Waals surface area contributed by atoms with E-state index in [4.69, 9.17) is 11.6 Å². The van der Waals surface area contributed by atoms with Gasteiger partial charge in [0.2, 0.25) is 5.91 Å². The van der Waals surface area contributed by atoms with Crippen molar-refractivity contribution in [2.24, 2.45) is 11.3 Å². The summed E-state index contributed by atoms with van der Waals surface area (Å²) in [7, 11) is 0. The Hall–Kier alpha value is -1.55. The third-order valence-corrected chi connectivity index (χ3v) is 6.37. The van der Waals surface area contributed by atoms with E-state index in [-0.39, 0.29) is 35.7 Å². The van der Waals surface area contributed by atoms with E-state index in [0.29, 0.717) is 6.42 Å². The fraction of sp³-hybridized carbons (Fsp3) is 0.409. The molecule has 1 heterocycles. The van der Waals surface area contributed by atoms with E-state index in [0.717, 1.165) is 48.5 Å². The second-order valence-corrected chi connectivity index (χ2v) is 8.04. The van der Waals surface area contributed by atoms with E-state index in [9.17, 15) is 4.79 Å². The highest BCUT2D eigenvalue weighted by atomic mass is 35.5. The van der Waals surface area contributed by atoms with Gasteiger partial charge < -0.3 is 10.6 Å². The van der Waals surface area contributed by atoms with Gasteiger partial charge in [-0.05, 0) is 61.4 Å². The summed E-state index contributed by atoms with van der Waals surface area (Å²) in [6.45, 7) is 2.07. The average molecular weight is 405 g/mol. The summed E-state index contributed by atoms with van der Waals surface area (Å²) < 4.78 is 0. The molecule has 1 saturated heterocycles. The fourth-order valence-corrected chi connectivity index (χ4v) is 4.50. The third kappa shape index (κ3) is 4.48. The maximum Gasteiger partial charge on any atom is 0.224 e. The predicted molar refractivity (Wildman–Crippen MR) is 112 cm³/mol. The lowest BCUT2D eigenvalue weighted by molar-refractivity contribution is -0.124. The maximum absolute atomic E-state index is 13.0. The molecule has 2 aromatic carbocycles. The molecule has 1 amide bonds. The van der Waals surface area contributed by atoms with Gasteiger partial charge in [0.15, 0.2) is 0 Å². The number of amides is 1. The van der Waals surface area contributed by atoms with Crippen LogP contribution in [-0.4, -0.2) is 19.0 Å².